The number of quaternary nitrogens is 1. The van der Waals surface area contributed by atoms with E-state index in [9.17, 15) is 9.90 Å². The van der Waals surface area contributed by atoms with Crippen LogP contribution in [0.3, 0.4) is 0 Å². The minimum Gasteiger partial charge on any atom is -0.504 e. The molecule has 5 heterocycles. The molecular weight excluding hydrogens is 669 g/mol. The number of rotatable bonds is 4. The van der Waals surface area contributed by atoms with E-state index in [0.717, 1.165) is 63.3 Å². The van der Waals surface area contributed by atoms with Gasteiger partial charge in [-0.2, -0.15) is 0 Å². The van der Waals surface area contributed by atoms with E-state index in [1.807, 2.05) is 51.6 Å². The smallest absolute Gasteiger partial charge is 0.308 e. The molecule has 0 radical (unpaired) electrons. The van der Waals surface area contributed by atoms with Crippen molar-refractivity contribution < 1.29 is 38.1 Å². The maximum Gasteiger partial charge on any atom is 0.308 e. The first-order valence-corrected chi connectivity index (χ1v) is 18.9. The molecule has 0 aromatic heterocycles. The Morgan fingerprint density at radius 3 is 2.51 bits per heavy atom. The number of nitrogen functional groups attached to an aromatic ring is 1. The minimum absolute atomic E-state index is 0.0757. The molecule has 0 saturated carbocycles. The van der Waals surface area contributed by atoms with E-state index in [4.69, 9.17) is 29.4 Å². The van der Waals surface area contributed by atoms with Crippen LogP contribution in [-0.4, -0.2) is 92.0 Å². The van der Waals surface area contributed by atoms with Gasteiger partial charge >= 0.3 is 5.97 Å². The molecule has 1 saturated heterocycles. The molecule has 5 aliphatic rings. The number of methoxy groups -OCH3 is 2. The third-order valence-corrected chi connectivity index (χ3v) is 13.0. The maximum absolute atomic E-state index is 12.8. The highest BCUT2D eigenvalue weighted by atomic mass is 32.2. The number of phenolic OH excluding ortho intramolecular Hbond substituents is 1. The Bertz CT molecular complexity index is 1890. The Balaban J connectivity index is 0.00000200. The van der Waals surface area contributed by atoms with Gasteiger partial charge in [-0.1, -0.05) is 26.0 Å². The number of likely N-dealkylation sites (N-methyl/N-ethyl adjacent to an activating group) is 2. The van der Waals surface area contributed by atoms with E-state index >= 15 is 0 Å². The minimum atomic E-state index is -0.377. The SMILES string of the molecule is CC.COc1cc2c(cc1N)CC[N+]1(C)CC3c4c5c(c(C)c(OC(C)=O)c4C(SCC21)[C@H]1C(c2ccc(C)c(OC)c2O)N(C)CN31)OCO5. The number of aromatic hydroxyl groups is 1. The molecule has 6 atom stereocenters. The zero-order chi connectivity index (χ0) is 36.5. The summed E-state index contributed by atoms with van der Waals surface area (Å²) in [5.74, 6) is 3.75. The molecule has 3 N–H and O–H groups in total. The van der Waals surface area contributed by atoms with Gasteiger partial charge in [-0.05, 0) is 44.2 Å². The molecule has 3 aromatic carbocycles. The van der Waals surface area contributed by atoms with Gasteiger partial charge < -0.3 is 39.0 Å². The van der Waals surface area contributed by atoms with Crippen LogP contribution in [-0.2, 0) is 11.2 Å². The van der Waals surface area contributed by atoms with E-state index in [-0.39, 0.29) is 47.9 Å². The lowest BCUT2D eigenvalue weighted by Gasteiger charge is -2.49. The van der Waals surface area contributed by atoms with Crippen LogP contribution in [0.2, 0.25) is 0 Å². The number of fused-ring (bicyclic) bond motifs is 7. The van der Waals surface area contributed by atoms with Gasteiger partial charge in [-0.15, -0.1) is 11.8 Å². The maximum atomic E-state index is 12.8. The zero-order valence-electron chi connectivity index (χ0n) is 31.2. The van der Waals surface area contributed by atoms with Crippen molar-refractivity contribution in [3.63, 3.8) is 0 Å². The van der Waals surface area contributed by atoms with E-state index in [1.165, 1.54) is 18.1 Å². The molecule has 1 fully saturated rings. The molecule has 8 rings (SSSR count). The first-order valence-electron chi connectivity index (χ1n) is 17.9. The summed E-state index contributed by atoms with van der Waals surface area (Å²) in [5.41, 5.74) is 14.1. The summed E-state index contributed by atoms with van der Waals surface area (Å²) in [5, 5.41) is 11.6. The van der Waals surface area contributed by atoms with Crippen LogP contribution < -0.4 is 29.4 Å². The van der Waals surface area contributed by atoms with E-state index < -0.39 is 0 Å². The normalized spacial score (nSPS) is 27.4. The summed E-state index contributed by atoms with van der Waals surface area (Å²) in [6, 6.07) is 8.10. The molecule has 0 aliphatic carbocycles. The Hall–Kier alpha value is -3.84. The van der Waals surface area contributed by atoms with Gasteiger partial charge in [-0.25, -0.2) is 0 Å². The van der Waals surface area contributed by atoms with Crippen molar-refractivity contribution in [1.82, 2.24) is 9.80 Å². The molecule has 274 valence electrons. The molecule has 5 aliphatic heterocycles. The second kappa shape index (κ2) is 13.3. The summed E-state index contributed by atoms with van der Waals surface area (Å²) in [7, 11) is 7.77. The standard InChI is InChI=1S/C37H44N4O7S.C2H6/c1-18-8-9-22(32(43)33(18)45-7)30-31-37-29-28(36-35(46-17-47-36)19(2)34(29)48-20(3)42)25(40(31)16-39(30)4)14-41(5)11-10-21-12-24(38)27(44-6)13-23(21)26(41)15-49-37;1-2/h8-9,12-13,25-26,30-31,37H,10-11,14-17,38H2,1-7H3;1-2H3/p+1/t25?,26?,30?,31-,37?,41?;/m1./s1. The number of ether oxygens (including phenoxy) is 5. The zero-order valence-corrected chi connectivity index (χ0v) is 32.0. The Morgan fingerprint density at radius 2 is 1.80 bits per heavy atom. The fraction of sp³-hybridized carbons (Fsp3) is 0.513. The van der Waals surface area contributed by atoms with Crippen molar-refractivity contribution in [2.75, 3.05) is 66.4 Å². The topological polar surface area (TPSA) is 116 Å². The molecule has 12 heteroatoms. The van der Waals surface area contributed by atoms with Crippen LogP contribution >= 0.6 is 11.8 Å². The van der Waals surface area contributed by atoms with Gasteiger partial charge in [0.25, 0.3) is 0 Å². The number of nitrogens with two attached hydrogens (primary N) is 1. The fourth-order valence-electron chi connectivity index (χ4n) is 9.35. The van der Waals surface area contributed by atoms with Crippen molar-refractivity contribution in [2.45, 2.75) is 70.5 Å². The number of aryl methyl sites for hydroxylation is 1. The van der Waals surface area contributed by atoms with E-state index in [0.29, 0.717) is 35.4 Å². The number of hydrogen-bond acceptors (Lipinski definition) is 11. The second-order valence-electron chi connectivity index (χ2n) is 14.4. The monoisotopic (exact) mass is 719 g/mol. The van der Waals surface area contributed by atoms with Gasteiger partial charge in [0.2, 0.25) is 6.79 Å². The highest BCUT2D eigenvalue weighted by Crippen LogP contribution is 2.64. The third-order valence-electron chi connectivity index (χ3n) is 11.6. The van der Waals surface area contributed by atoms with Crippen LogP contribution in [0.25, 0.3) is 0 Å². The fourth-order valence-corrected chi connectivity index (χ4v) is 11.2. The quantitative estimate of drug-likeness (QED) is 0.139. The van der Waals surface area contributed by atoms with Gasteiger partial charge in [0.1, 0.15) is 17.5 Å². The number of anilines is 1. The van der Waals surface area contributed by atoms with Gasteiger partial charge in [0.05, 0.1) is 69.8 Å². The number of hydrogen-bond donors (Lipinski definition) is 2. The van der Waals surface area contributed by atoms with Crippen LogP contribution in [0.1, 0.15) is 83.1 Å². The second-order valence-corrected chi connectivity index (χ2v) is 15.5. The Labute approximate surface area is 305 Å². The highest BCUT2D eigenvalue weighted by Gasteiger charge is 2.58. The van der Waals surface area contributed by atoms with Crippen LogP contribution in [0.5, 0.6) is 34.5 Å². The lowest BCUT2D eigenvalue weighted by atomic mass is 9.80. The third kappa shape index (κ3) is 5.40. The van der Waals surface area contributed by atoms with Crippen molar-refractivity contribution in [3.8, 4) is 34.5 Å². The lowest BCUT2D eigenvalue weighted by Crippen LogP contribution is -2.56. The van der Waals surface area contributed by atoms with E-state index in [2.05, 4.69) is 36.0 Å². The summed E-state index contributed by atoms with van der Waals surface area (Å²) in [4.78, 5) is 17.7. The predicted octanol–water partition coefficient (Wildman–Crippen LogP) is 6.19. The largest absolute Gasteiger partial charge is 0.504 e. The Kier molecular flexibility index (Phi) is 9.27. The first kappa shape index (κ1) is 35.6. The number of carbonyl (C=O) groups excluding carboxylic acids is 1. The van der Waals surface area contributed by atoms with Crippen molar-refractivity contribution in [1.29, 1.82) is 0 Å². The predicted molar refractivity (Wildman–Crippen MR) is 198 cm³/mol. The van der Waals surface area contributed by atoms with Crippen LogP contribution in [0, 0.1) is 13.8 Å². The van der Waals surface area contributed by atoms with E-state index in [1.54, 1.807) is 14.2 Å². The number of benzene rings is 3. The van der Waals surface area contributed by atoms with Crippen molar-refractivity contribution in [2.24, 2.45) is 0 Å². The average molecular weight is 720 g/mol. The lowest BCUT2D eigenvalue weighted by molar-refractivity contribution is -0.941. The highest BCUT2D eigenvalue weighted by molar-refractivity contribution is 7.99. The number of nitrogens with zero attached hydrogens (tertiary/aromatic N) is 3. The Morgan fingerprint density at radius 1 is 1.06 bits per heavy atom. The molecule has 11 nitrogen and oxygen atoms in total. The molecule has 0 spiro atoms. The van der Waals surface area contributed by atoms with Crippen molar-refractivity contribution >= 4 is 23.4 Å². The number of esters is 1. The summed E-state index contributed by atoms with van der Waals surface area (Å²) in [6.07, 6.45) is 0.900. The number of phenols is 1. The molecular formula is C39H51N4O7S+. The first-order chi connectivity index (χ1) is 24.5. The molecule has 3 aromatic rings. The van der Waals surface area contributed by atoms with Gasteiger partial charge in [0, 0.05) is 47.2 Å². The van der Waals surface area contributed by atoms with Crippen molar-refractivity contribution in [3.05, 3.63) is 63.2 Å². The average Bonchev–Trinajstić information content (AvgIpc) is 3.74. The van der Waals surface area contributed by atoms with Crippen LogP contribution in [0.4, 0.5) is 5.69 Å². The molecule has 51 heavy (non-hydrogen) atoms. The summed E-state index contributed by atoms with van der Waals surface area (Å²) >= 11 is 1.89. The molecule has 0 amide bonds. The van der Waals surface area contributed by atoms with Gasteiger partial charge in [0.15, 0.2) is 23.0 Å². The summed E-state index contributed by atoms with van der Waals surface area (Å²) in [6.45, 7) is 11.9. The van der Waals surface area contributed by atoms with Gasteiger partial charge in [-0.3, -0.25) is 14.6 Å². The number of carbonyl (C=O) groups is 1. The summed E-state index contributed by atoms with van der Waals surface area (Å²) < 4.78 is 30.8. The molecule has 2 bridgehead atoms. The molecule has 5 unspecified atom stereocenters. The van der Waals surface area contributed by atoms with Crippen LogP contribution in [0.15, 0.2) is 24.3 Å². The number of thioether (sulfide) groups is 1.